The number of methoxy groups -OCH3 is 1. The van der Waals surface area contributed by atoms with Crippen molar-refractivity contribution in [2.75, 3.05) is 14.2 Å². The topological polar surface area (TPSA) is 46.6 Å². The largest absolute Gasteiger partial charge is 0.497 e. The Morgan fingerprint density at radius 1 is 1.09 bits per heavy atom. The third kappa shape index (κ3) is 3.31. The van der Waals surface area contributed by atoms with Gasteiger partial charge in [-0.1, -0.05) is 30.9 Å². The Morgan fingerprint density at radius 2 is 1.74 bits per heavy atom. The number of aryl methyl sites for hydroxylation is 1. The number of imide groups is 1. The van der Waals surface area contributed by atoms with Gasteiger partial charge in [-0.05, 0) is 42.3 Å². The zero-order chi connectivity index (χ0) is 17.0. The third-order valence-electron chi connectivity index (χ3n) is 3.68. The van der Waals surface area contributed by atoms with Gasteiger partial charge in [0.25, 0.3) is 11.8 Å². The number of nitrogens with zero attached hydrogens (tertiary/aromatic N) is 1. The summed E-state index contributed by atoms with van der Waals surface area (Å²) in [5.41, 5.74) is 2.37. The van der Waals surface area contributed by atoms with Crippen LogP contribution in [0.4, 0.5) is 0 Å². The van der Waals surface area contributed by atoms with Gasteiger partial charge < -0.3 is 4.74 Å². The molecule has 4 heteroatoms. The summed E-state index contributed by atoms with van der Waals surface area (Å²) in [4.78, 5) is 26.3. The van der Waals surface area contributed by atoms with E-state index in [9.17, 15) is 9.59 Å². The minimum absolute atomic E-state index is 0.353. The van der Waals surface area contributed by atoms with Crippen molar-refractivity contribution in [3.63, 3.8) is 0 Å². The summed E-state index contributed by atoms with van der Waals surface area (Å²) in [6, 6.07) is 12.2. The molecule has 23 heavy (non-hydrogen) atoms. The molecule has 0 radical (unpaired) electrons. The highest BCUT2D eigenvalue weighted by atomic mass is 16.5. The van der Waals surface area contributed by atoms with Gasteiger partial charge in [-0.3, -0.25) is 14.5 Å². The van der Waals surface area contributed by atoms with Gasteiger partial charge in [0.1, 0.15) is 5.75 Å². The van der Waals surface area contributed by atoms with E-state index in [0.717, 1.165) is 10.5 Å². The van der Waals surface area contributed by atoms with Crippen molar-refractivity contribution in [1.29, 1.82) is 0 Å². The Balaban J connectivity index is 2.32. The lowest BCUT2D eigenvalue weighted by Gasteiger charge is -2.18. The zero-order valence-corrected chi connectivity index (χ0v) is 13.5. The molecule has 0 aliphatic rings. The fourth-order valence-corrected chi connectivity index (χ4v) is 2.33. The molecular formula is C19H19NO3. The second-order valence-electron chi connectivity index (χ2n) is 5.14. The number of carbonyl (C=O) groups is 2. The van der Waals surface area contributed by atoms with Gasteiger partial charge in [-0.25, -0.2) is 0 Å². The van der Waals surface area contributed by atoms with Gasteiger partial charge >= 0.3 is 0 Å². The van der Waals surface area contributed by atoms with E-state index < -0.39 is 0 Å². The second-order valence-corrected chi connectivity index (χ2v) is 5.14. The van der Waals surface area contributed by atoms with Crippen LogP contribution in [-0.4, -0.2) is 30.9 Å². The van der Waals surface area contributed by atoms with Gasteiger partial charge in [0.05, 0.1) is 7.11 Å². The molecule has 0 spiro atoms. The maximum absolute atomic E-state index is 12.6. The van der Waals surface area contributed by atoms with E-state index in [-0.39, 0.29) is 11.8 Å². The van der Waals surface area contributed by atoms with Crippen molar-refractivity contribution in [3.05, 3.63) is 71.3 Å². The van der Waals surface area contributed by atoms with Crippen molar-refractivity contribution >= 4 is 17.9 Å². The molecule has 4 nitrogen and oxygen atoms in total. The Bertz CT molecular complexity index is 765. The second kappa shape index (κ2) is 6.92. The van der Waals surface area contributed by atoms with E-state index in [1.807, 2.05) is 13.0 Å². The standard InChI is InChI=1S/C19H19NO3/c1-5-14-8-6-7-9-17(14)19(22)20(3)18(21)16-11-10-15(23-4)12-13(16)2/h5-12H,1H2,2-4H3. The first kappa shape index (κ1) is 16.5. The smallest absolute Gasteiger partial charge is 0.261 e. The molecule has 118 valence electrons. The number of ether oxygens (including phenoxy) is 1. The van der Waals surface area contributed by atoms with Crippen molar-refractivity contribution in [3.8, 4) is 5.75 Å². The molecule has 0 saturated heterocycles. The highest BCUT2D eigenvalue weighted by Gasteiger charge is 2.22. The van der Waals surface area contributed by atoms with Crippen molar-refractivity contribution in [2.45, 2.75) is 6.92 Å². The number of hydrogen-bond acceptors (Lipinski definition) is 3. The first-order valence-electron chi connectivity index (χ1n) is 7.18. The number of amides is 2. The molecular weight excluding hydrogens is 290 g/mol. The van der Waals surface area contributed by atoms with Crippen LogP contribution in [-0.2, 0) is 0 Å². The highest BCUT2D eigenvalue weighted by Crippen LogP contribution is 2.19. The Morgan fingerprint density at radius 3 is 2.35 bits per heavy atom. The lowest BCUT2D eigenvalue weighted by Crippen LogP contribution is -2.34. The number of benzene rings is 2. The Hall–Kier alpha value is -2.88. The molecule has 0 aliphatic carbocycles. The molecule has 0 bridgehead atoms. The summed E-state index contributed by atoms with van der Waals surface area (Å²) in [7, 11) is 3.05. The quantitative estimate of drug-likeness (QED) is 0.811. The van der Waals surface area contributed by atoms with Crippen molar-refractivity contribution in [2.24, 2.45) is 0 Å². The predicted octanol–water partition coefficient (Wildman–Crippen LogP) is 3.56. The molecule has 0 heterocycles. The number of rotatable bonds is 4. The van der Waals surface area contributed by atoms with E-state index in [2.05, 4.69) is 6.58 Å². The van der Waals surface area contributed by atoms with Gasteiger partial charge in [0.2, 0.25) is 0 Å². The Kier molecular flexibility index (Phi) is 4.96. The van der Waals surface area contributed by atoms with Crippen molar-refractivity contribution < 1.29 is 14.3 Å². The fourth-order valence-electron chi connectivity index (χ4n) is 2.33. The molecule has 0 unspecified atom stereocenters. The van der Waals surface area contributed by atoms with Gasteiger partial charge in [0, 0.05) is 18.2 Å². The summed E-state index contributed by atoms with van der Waals surface area (Å²) in [5.74, 6) is -0.0419. The molecule has 0 saturated carbocycles. The van der Waals surface area contributed by atoms with E-state index in [1.54, 1.807) is 49.6 Å². The number of carbonyl (C=O) groups excluding carboxylic acids is 2. The zero-order valence-electron chi connectivity index (χ0n) is 13.5. The molecule has 2 aromatic carbocycles. The lowest BCUT2D eigenvalue weighted by atomic mass is 10.0. The van der Waals surface area contributed by atoms with Gasteiger partial charge in [-0.2, -0.15) is 0 Å². The average Bonchev–Trinajstić information content (AvgIpc) is 2.59. The average molecular weight is 309 g/mol. The van der Waals surface area contributed by atoms with Crippen LogP contribution in [0.5, 0.6) is 5.75 Å². The van der Waals surface area contributed by atoms with E-state index in [1.165, 1.54) is 7.05 Å². The van der Waals surface area contributed by atoms with Gasteiger partial charge in [0.15, 0.2) is 0 Å². The van der Waals surface area contributed by atoms with Crippen LogP contribution in [0, 0.1) is 6.92 Å². The van der Waals surface area contributed by atoms with Crippen LogP contribution in [0.1, 0.15) is 31.8 Å². The molecule has 0 aliphatic heterocycles. The monoisotopic (exact) mass is 309 g/mol. The first-order chi connectivity index (χ1) is 11.0. The number of hydrogen-bond donors (Lipinski definition) is 0. The molecule has 0 aromatic heterocycles. The SMILES string of the molecule is C=Cc1ccccc1C(=O)N(C)C(=O)c1ccc(OC)cc1C. The summed E-state index contributed by atoms with van der Waals surface area (Å²) >= 11 is 0. The minimum Gasteiger partial charge on any atom is -0.497 e. The molecule has 2 rings (SSSR count). The van der Waals surface area contributed by atoms with Crippen LogP contribution in [0.3, 0.4) is 0 Å². The van der Waals surface area contributed by atoms with Crippen LogP contribution in [0.15, 0.2) is 49.0 Å². The maximum Gasteiger partial charge on any atom is 0.261 e. The Labute approximate surface area is 136 Å². The van der Waals surface area contributed by atoms with E-state index >= 15 is 0 Å². The summed E-state index contributed by atoms with van der Waals surface area (Å²) in [6.45, 7) is 5.51. The fraction of sp³-hybridized carbons (Fsp3) is 0.158. The van der Waals surface area contributed by atoms with Crippen LogP contribution in [0.25, 0.3) is 6.08 Å². The lowest BCUT2D eigenvalue weighted by molar-refractivity contribution is 0.0655. The van der Waals surface area contributed by atoms with Crippen LogP contribution in [0.2, 0.25) is 0 Å². The first-order valence-corrected chi connectivity index (χ1v) is 7.18. The highest BCUT2D eigenvalue weighted by molar-refractivity contribution is 6.11. The van der Waals surface area contributed by atoms with Crippen LogP contribution < -0.4 is 4.74 Å². The third-order valence-corrected chi connectivity index (χ3v) is 3.68. The molecule has 0 N–H and O–H groups in total. The summed E-state index contributed by atoms with van der Waals surface area (Å²) in [5, 5.41) is 0. The minimum atomic E-state index is -0.360. The van der Waals surface area contributed by atoms with E-state index in [0.29, 0.717) is 22.4 Å². The van der Waals surface area contributed by atoms with Crippen molar-refractivity contribution in [1.82, 2.24) is 4.90 Å². The molecule has 0 atom stereocenters. The summed E-state index contributed by atoms with van der Waals surface area (Å²) < 4.78 is 5.13. The predicted molar refractivity (Wildman–Crippen MR) is 90.7 cm³/mol. The molecule has 2 aromatic rings. The van der Waals surface area contributed by atoms with Crippen LogP contribution >= 0.6 is 0 Å². The summed E-state index contributed by atoms with van der Waals surface area (Å²) in [6.07, 6.45) is 1.60. The maximum atomic E-state index is 12.6. The normalized spacial score (nSPS) is 10.0. The molecule has 2 amide bonds. The molecule has 0 fully saturated rings. The van der Waals surface area contributed by atoms with E-state index in [4.69, 9.17) is 4.74 Å². The van der Waals surface area contributed by atoms with Gasteiger partial charge in [-0.15, -0.1) is 0 Å².